The van der Waals surface area contributed by atoms with Crippen LogP contribution in [-0.2, 0) is 21.9 Å². The second-order valence-electron chi connectivity index (χ2n) is 7.29. The van der Waals surface area contributed by atoms with Crippen molar-refractivity contribution in [3.63, 3.8) is 0 Å². The minimum atomic E-state index is -3.77. The SMILES string of the molecule is CN(C[C@H](O)CN1[C@@H]2C[CH]C[C@@]1(C(N)=O)CC2)S(=O)(=O)c1cn(C)cn1. The van der Waals surface area contributed by atoms with E-state index in [1.54, 1.807) is 11.6 Å². The van der Waals surface area contributed by atoms with Crippen LogP contribution in [0.25, 0.3) is 0 Å². The molecule has 145 valence electrons. The molecule has 2 fully saturated rings. The van der Waals surface area contributed by atoms with Crippen LogP contribution < -0.4 is 5.73 Å². The van der Waals surface area contributed by atoms with Crippen LogP contribution in [0.5, 0.6) is 0 Å². The van der Waals surface area contributed by atoms with Gasteiger partial charge in [0.15, 0.2) is 5.03 Å². The Morgan fingerprint density at radius 3 is 2.92 bits per heavy atom. The number of rotatable bonds is 7. The van der Waals surface area contributed by atoms with Crippen LogP contribution >= 0.6 is 0 Å². The molecule has 0 unspecified atom stereocenters. The topological polar surface area (TPSA) is 122 Å². The fourth-order valence-corrected chi connectivity index (χ4v) is 5.25. The van der Waals surface area contributed by atoms with Gasteiger partial charge in [0.1, 0.15) is 5.54 Å². The molecule has 1 aromatic heterocycles. The van der Waals surface area contributed by atoms with Crippen molar-refractivity contribution in [2.45, 2.75) is 48.4 Å². The number of aliphatic hydroxyl groups is 1. The molecule has 1 radical (unpaired) electrons. The number of aryl methyl sites for hydroxylation is 1. The largest absolute Gasteiger partial charge is 0.390 e. The van der Waals surface area contributed by atoms with Crippen LogP contribution in [0.2, 0.25) is 0 Å². The monoisotopic (exact) mass is 384 g/mol. The lowest BCUT2D eigenvalue weighted by Crippen LogP contribution is -2.60. The third-order valence-corrected chi connectivity index (χ3v) is 7.20. The summed E-state index contributed by atoms with van der Waals surface area (Å²) in [6.45, 7) is 0.129. The summed E-state index contributed by atoms with van der Waals surface area (Å²) in [4.78, 5) is 17.9. The summed E-state index contributed by atoms with van der Waals surface area (Å²) in [5, 5.41) is 10.5. The number of imidazole rings is 1. The molecule has 0 aromatic carbocycles. The van der Waals surface area contributed by atoms with E-state index < -0.39 is 21.7 Å². The molecular weight excluding hydrogens is 358 g/mol. The first kappa shape index (κ1) is 19.3. The lowest BCUT2D eigenvalue weighted by Gasteiger charge is -2.43. The zero-order valence-electron chi connectivity index (χ0n) is 15.1. The average molecular weight is 384 g/mol. The molecule has 3 N–H and O–H groups in total. The van der Waals surface area contributed by atoms with Crippen molar-refractivity contribution in [3.05, 3.63) is 18.9 Å². The van der Waals surface area contributed by atoms with Gasteiger partial charge in [0.2, 0.25) is 5.91 Å². The van der Waals surface area contributed by atoms with Gasteiger partial charge in [-0.15, -0.1) is 0 Å². The predicted molar refractivity (Wildman–Crippen MR) is 94.2 cm³/mol. The number of primary amides is 1. The van der Waals surface area contributed by atoms with Crippen molar-refractivity contribution in [1.82, 2.24) is 18.8 Å². The van der Waals surface area contributed by atoms with Gasteiger partial charge < -0.3 is 15.4 Å². The van der Waals surface area contributed by atoms with E-state index in [1.165, 1.54) is 19.6 Å². The van der Waals surface area contributed by atoms with Gasteiger partial charge in [-0.25, -0.2) is 13.4 Å². The van der Waals surface area contributed by atoms with Gasteiger partial charge in [-0.1, -0.05) is 0 Å². The number of hydrogen-bond acceptors (Lipinski definition) is 6. The van der Waals surface area contributed by atoms with Crippen molar-refractivity contribution >= 4 is 15.9 Å². The van der Waals surface area contributed by atoms with Gasteiger partial charge in [-0.3, -0.25) is 9.69 Å². The summed E-state index contributed by atoms with van der Waals surface area (Å²) in [5.41, 5.74) is 4.91. The minimum absolute atomic E-state index is 0.0593. The van der Waals surface area contributed by atoms with E-state index in [2.05, 4.69) is 11.4 Å². The molecule has 2 saturated heterocycles. The number of β-amino-alcohol motifs (C(OH)–C–C–N with tert-alkyl or cyclic N) is 1. The van der Waals surface area contributed by atoms with Crippen molar-refractivity contribution in [3.8, 4) is 0 Å². The van der Waals surface area contributed by atoms with E-state index in [-0.39, 0.29) is 30.1 Å². The molecule has 3 heterocycles. The summed E-state index contributed by atoms with van der Waals surface area (Å²) in [7, 11) is -0.672. The Labute approximate surface area is 153 Å². The minimum Gasteiger partial charge on any atom is -0.390 e. The molecule has 0 aliphatic carbocycles. The van der Waals surface area contributed by atoms with E-state index in [1.807, 2.05) is 4.90 Å². The highest BCUT2D eigenvalue weighted by molar-refractivity contribution is 7.89. The number of aromatic nitrogens is 2. The first-order chi connectivity index (χ1) is 12.2. The van der Waals surface area contributed by atoms with E-state index in [9.17, 15) is 18.3 Å². The molecule has 3 atom stereocenters. The average Bonchev–Trinajstić information content (AvgIpc) is 3.06. The van der Waals surface area contributed by atoms with Gasteiger partial charge in [-0.2, -0.15) is 4.31 Å². The van der Waals surface area contributed by atoms with Crippen LogP contribution in [0.1, 0.15) is 25.7 Å². The molecule has 3 rings (SSSR count). The summed E-state index contributed by atoms with van der Waals surface area (Å²) in [6.07, 6.45) is 6.94. The number of nitrogens with zero attached hydrogens (tertiary/aromatic N) is 4. The van der Waals surface area contributed by atoms with Crippen molar-refractivity contribution < 1.29 is 18.3 Å². The Kier molecular flexibility index (Phi) is 5.13. The molecule has 9 nitrogen and oxygen atoms in total. The van der Waals surface area contributed by atoms with Crippen LogP contribution in [0.15, 0.2) is 17.6 Å². The van der Waals surface area contributed by atoms with E-state index in [0.717, 1.165) is 17.1 Å². The van der Waals surface area contributed by atoms with Crippen LogP contribution in [0, 0.1) is 6.42 Å². The number of hydrogen-bond donors (Lipinski definition) is 2. The number of carbonyl (C=O) groups is 1. The van der Waals surface area contributed by atoms with Crippen LogP contribution in [0.3, 0.4) is 0 Å². The quantitative estimate of drug-likeness (QED) is 0.628. The van der Waals surface area contributed by atoms with Crippen molar-refractivity contribution in [2.75, 3.05) is 20.1 Å². The van der Waals surface area contributed by atoms with Crippen molar-refractivity contribution in [2.24, 2.45) is 12.8 Å². The van der Waals surface area contributed by atoms with Crippen LogP contribution in [0.4, 0.5) is 0 Å². The summed E-state index contributed by atoms with van der Waals surface area (Å²) < 4.78 is 27.7. The lowest BCUT2D eigenvalue weighted by atomic mass is 9.87. The smallest absolute Gasteiger partial charge is 0.261 e. The summed E-state index contributed by atoms with van der Waals surface area (Å²) >= 11 is 0. The molecule has 2 bridgehead atoms. The van der Waals surface area contributed by atoms with E-state index in [0.29, 0.717) is 12.8 Å². The number of fused-ring (bicyclic) bond motifs is 2. The fourth-order valence-electron chi connectivity index (χ4n) is 4.08. The van der Waals surface area contributed by atoms with Gasteiger partial charge in [-0.05, 0) is 32.1 Å². The number of piperidine rings is 1. The van der Waals surface area contributed by atoms with Gasteiger partial charge in [0.05, 0.1) is 12.4 Å². The van der Waals surface area contributed by atoms with Crippen molar-refractivity contribution in [1.29, 1.82) is 0 Å². The van der Waals surface area contributed by atoms with Gasteiger partial charge in [0.25, 0.3) is 10.0 Å². The second kappa shape index (κ2) is 6.91. The Hall–Kier alpha value is -1.49. The number of likely N-dealkylation sites (N-methyl/N-ethyl adjacent to an activating group) is 1. The molecule has 0 spiro atoms. The maximum atomic E-state index is 12.5. The molecule has 26 heavy (non-hydrogen) atoms. The molecule has 0 saturated carbocycles. The molecule has 2 aliphatic rings. The highest BCUT2D eigenvalue weighted by atomic mass is 32.2. The highest BCUT2D eigenvalue weighted by Crippen LogP contribution is 2.43. The number of nitrogens with two attached hydrogens (primary N) is 1. The maximum absolute atomic E-state index is 12.5. The van der Waals surface area contributed by atoms with E-state index in [4.69, 9.17) is 5.73 Å². The number of amides is 1. The third-order valence-electron chi connectivity index (χ3n) is 5.49. The number of aliphatic hydroxyl groups excluding tert-OH is 1. The number of carbonyl (C=O) groups excluding carboxylic acids is 1. The van der Waals surface area contributed by atoms with E-state index >= 15 is 0 Å². The highest BCUT2D eigenvalue weighted by Gasteiger charge is 2.53. The fraction of sp³-hybridized carbons (Fsp3) is 0.688. The molecule has 10 heteroatoms. The molecular formula is C16H26N5O4S. The normalized spacial score (nSPS) is 27.8. The number of sulfonamides is 1. The molecule has 2 aliphatic heterocycles. The predicted octanol–water partition coefficient (Wildman–Crippen LogP) is -0.912. The van der Waals surface area contributed by atoms with Gasteiger partial charge in [0, 0.05) is 39.4 Å². The first-order valence-corrected chi connectivity index (χ1v) is 10.1. The zero-order valence-corrected chi connectivity index (χ0v) is 15.9. The Balaban J connectivity index is 1.68. The first-order valence-electron chi connectivity index (χ1n) is 8.67. The zero-order chi connectivity index (χ0) is 19.1. The Morgan fingerprint density at radius 2 is 2.31 bits per heavy atom. The lowest BCUT2D eigenvalue weighted by molar-refractivity contribution is -0.131. The molecule has 1 amide bonds. The second-order valence-corrected chi connectivity index (χ2v) is 9.28. The standard InChI is InChI=1S/C16H26N5O4S/c1-19-10-14(18-11-19)26(24,25)20(2)8-13(22)9-21-12-4-3-6-16(21,7-5-12)15(17)23/h3,10-13,22H,4-9H2,1-2H3,(H2,17,23)/t12-,13+,16+/m1/s1. The van der Waals surface area contributed by atoms with Gasteiger partial charge >= 0.3 is 0 Å². The Bertz CT molecular complexity index is 775. The Morgan fingerprint density at radius 1 is 1.58 bits per heavy atom. The molecule has 1 aromatic rings. The van der Waals surface area contributed by atoms with Crippen LogP contribution in [-0.4, -0.2) is 76.0 Å². The summed E-state index contributed by atoms with van der Waals surface area (Å²) in [6, 6.07) is 0.170. The third kappa shape index (κ3) is 3.26. The summed E-state index contributed by atoms with van der Waals surface area (Å²) in [5.74, 6) is -0.377. The maximum Gasteiger partial charge on any atom is 0.261 e.